The lowest BCUT2D eigenvalue weighted by Gasteiger charge is -2.15. The molecule has 0 radical (unpaired) electrons. The van der Waals surface area contributed by atoms with Crippen LogP contribution in [-0.4, -0.2) is 17.9 Å². The minimum atomic E-state index is -0.211. The Morgan fingerprint density at radius 3 is 2.76 bits per heavy atom. The molecule has 5 heteroatoms. The maximum atomic E-state index is 11.1. The second kappa shape index (κ2) is 6.72. The SMILES string of the molecule is CC(C)Oc1cc(Cl)ccc1CNC(=O)CCl. The molecule has 0 atom stereocenters. The first kappa shape index (κ1) is 14.1. The van der Waals surface area contributed by atoms with Crippen LogP contribution in [0.1, 0.15) is 19.4 Å². The number of hydrogen-bond acceptors (Lipinski definition) is 2. The first-order chi connectivity index (χ1) is 8.02. The zero-order valence-corrected chi connectivity index (χ0v) is 11.3. The summed E-state index contributed by atoms with van der Waals surface area (Å²) in [5.41, 5.74) is 0.876. The second-order valence-corrected chi connectivity index (χ2v) is 4.53. The predicted octanol–water partition coefficient (Wildman–Crippen LogP) is 2.98. The molecule has 94 valence electrons. The number of ether oxygens (including phenoxy) is 1. The Kier molecular flexibility index (Phi) is 5.59. The van der Waals surface area contributed by atoms with E-state index >= 15 is 0 Å². The van der Waals surface area contributed by atoms with Gasteiger partial charge in [0.1, 0.15) is 11.6 Å². The molecule has 0 saturated carbocycles. The molecule has 0 saturated heterocycles. The first-order valence-corrected chi connectivity index (χ1v) is 6.22. The standard InChI is InChI=1S/C12H15Cl2NO2/c1-8(2)17-11-5-10(14)4-3-9(11)7-15-12(16)6-13/h3-5,8H,6-7H2,1-2H3,(H,15,16). The number of carbonyl (C=O) groups excluding carboxylic acids is 1. The van der Waals surface area contributed by atoms with Crippen molar-refractivity contribution in [3.05, 3.63) is 28.8 Å². The fraction of sp³-hybridized carbons (Fsp3) is 0.417. The lowest BCUT2D eigenvalue weighted by Crippen LogP contribution is -2.24. The summed E-state index contributed by atoms with van der Waals surface area (Å²) in [6.45, 7) is 4.24. The smallest absolute Gasteiger partial charge is 0.235 e. The molecule has 1 rings (SSSR count). The summed E-state index contributed by atoms with van der Waals surface area (Å²) in [5, 5.41) is 3.29. The topological polar surface area (TPSA) is 38.3 Å². The Labute approximate surface area is 111 Å². The zero-order valence-electron chi connectivity index (χ0n) is 9.80. The zero-order chi connectivity index (χ0) is 12.8. The highest BCUT2D eigenvalue weighted by atomic mass is 35.5. The van der Waals surface area contributed by atoms with Crippen molar-refractivity contribution in [3.63, 3.8) is 0 Å². The van der Waals surface area contributed by atoms with E-state index in [1.807, 2.05) is 19.9 Å². The van der Waals surface area contributed by atoms with E-state index in [4.69, 9.17) is 27.9 Å². The summed E-state index contributed by atoms with van der Waals surface area (Å²) in [6.07, 6.45) is 0.0518. The Morgan fingerprint density at radius 2 is 2.18 bits per heavy atom. The van der Waals surface area contributed by atoms with E-state index in [1.165, 1.54) is 0 Å². The van der Waals surface area contributed by atoms with Crippen LogP contribution >= 0.6 is 23.2 Å². The van der Waals surface area contributed by atoms with E-state index in [9.17, 15) is 4.79 Å². The van der Waals surface area contributed by atoms with Crippen LogP contribution in [-0.2, 0) is 11.3 Å². The molecule has 1 N–H and O–H groups in total. The number of amides is 1. The second-order valence-electron chi connectivity index (χ2n) is 3.83. The summed E-state index contributed by atoms with van der Waals surface area (Å²) < 4.78 is 5.62. The van der Waals surface area contributed by atoms with Gasteiger partial charge >= 0.3 is 0 Å². The third-order valence-corrected chi connectivity index (χ3v) is 2.47. The molecule has 0 spiro atoms. The predicted molar refractivity (Wildman–Crippen MR) is 69.8 cm³/mol. The van der Waals surface area contributed by atoms with Gasteiger partial charge in [-0.1, -0.05) is 17.7 Å². The monoisotopic (exact) mass is 275 g/mol. The highest BCUT2D eigenvalue weighted by Crippen LogP contribution is 2.24. The number of carbonyl (C=O) groups is 1. The number of rotatable bonds is 5. The largest absolute Gasteiger partial charge is 0.491 e. The number of hydrogen-bond donors (Lipinski definition) is 1. The van der Waals surface area contributed by atoms with Crippen LogP contribution in [0.4, 0.5) is 0 Å². The first-order valence-electron chi connectivity index (χ1n) is 5.30. The van der Waals surface area contributed by atoms with Crippen molar-refractivity contribution in [2.75, 3.05) is 5.88 Å². The van der Waals surface area contributed by atoms with Crippen LogP contribution in [0.25, 0.3) is 0 Å². The summed E-state index contributed by atoms with van der Waals surface area (Å²) in [4.78, 5) is 11.1. The van der Waals surface area contributed by atoms with Crippen LogP contribution in [0.15, 0.2) is 18.2 Å². The van der Waals surface area contributed by atoms with Gasteiger partial charge in [-0.15, -0.1) is 11.6 Å². The van der Waals surface area contributed by atoms with Crippen molar-refractivity contribution in [1.82, 2.24) is 5.32 Å². The Hall–Kier alpha value is -0.930. The molecule has 0 fully saturated rings. The van der Waals surface area contributed by atoms with Gasteiger partial charge in [-0.2, -0.15) is 0 Å². The highest BCUT2D eigenvalue weighted by molar-refractivity contribution is 6.30. The van der Waals surface area contributed by atoms with Crippen LogP contribution in [0.2, 0.25) is 5.02 Å². The molecule has 0 unspecified atom stereocenters. The van der Waals surface area contributed by atoms with Gasteiger partial charge in [0, 0.05) is 17.1 Å². The van der Waals surface area contributed by atoms with Crippen LogP contribution in [0.3, 0.4) is 0 Å². The minimum absolute atomic E-state index is 0.0477. The van der Waals surface area contributed by atoms with Crippen molar-refractivity contribution in [2.24, 2.45) is 0 Å². The van der Waals surface area contributed by atoms with Crippen molar-refractivity contribution < 1.29 is 9.53 Å². The number of nitrogens with one attached hydrogen (secondary N) is 1. The van der Waals surface area contributed by atoms with Gasteiger partial charge in [-0.05, 0) is 26.0 Å². The van der Waals surface area contributed by atoms with Gasteiger partial charge in [-0.25, -0.2) is 0 Å². The van der Waals surface area contributed by atoms with Gasteiger partial charge < -0.3 is 10.1 Å². The fourth-order valence-electron chi connectivity index (χ4n) is 1.28. The molecule has 0 heterocycles. The Bertz CT molecular complexity index is 394. The summed E-state index contributed by atoms with van der Waals surface area (Å²) in [5.74, 6) is 0.424. The van der Waals surface area contributed by atoms with Gasteiger partial charge in [0.15, 0.2) is 0 Å². The number of alkyl halides is 1. The van der Waals surface area contributed by atoms with Crippen molar-refractivity contribution in [1.29, 1.82) is 0 Å². The van der Waals surface area contributed by atoms with Gasteiger partial charge in [0.05, 0.1) is 6.10 Å². The van der Waals surface area contributed by atoms with Gasteiger partial charge in [0.25, 0.3) is 0 Å². The molecule has 0 aliphatic carbocycles. The van der Waals surface area contributed by atoms with Crippen LogP contribution in [0, 0.1) is 0 Å². The van der Waals surface area contributed by atoms with E-state index in [2.05, 4.69) is 5.32 Å². The molecular formula is C12H15Cl2NO2. The summed E-state index contributed by atoms with van der Waals surface area (Å²) in [7, 11) is 0. The lowest BCUT2D eigenvalue weighted by molar-refractivity contribution is -0.118. The number of benzene rings is 1. The highest BCUT2D eigenvalue weighted by Gasteiger charge is 2.08. The van der Waals surface area contributed by atoms with E-state index < -0.39 is 0 Å². The molecule has 1 aromatic carbocycles. The normalized spacial score (nSPS) is 10.4. The maximum Gasteiger partial charge on any atom is 0.235 e. The van der Waals surface area contributed by atoms with Gasteiger partial charge in [-0.3, -0.25) is 4.79 Å². The summed E-state index contributed by atoms with van der Waals surface area (Å²) in [6, 6.07) is 5.33. The van der Waals surface area contributed by atoms with Gasteiger partial charge in [0.2, 0.25) is 5.91 Å². The third-order valence-electron chi connectivity index (χ3n) is 1.99. The Balaban J connectivity index is 2.78. The average Bonchev–Trinajstić information content (AvgIpc) is 2.26. The summed E-state index contributed by atoms with van der Waals surface area (Å²) >= 11 is 11.3. The molecule has 1 aromatic rings. The van der Waals surface area contributed by atoms with E-state index in [-0.39, 0.29) is 17.9 Å². The minimum Gasteiger partial charge on any atom is -0.491 e. The third kappa shape index (κ3) is 4.84. The van der Waals surface area contributed by atoms with E-state index in [0.29, 0.717) is 17.3 Å². The molecule has 0 aliphatic rings. The molecule has 17 heavy (non-hydrogen) atoms. The Morgan fingerprint density at radius 1 is 1.47 bits per heavy atom. The average molecular weight is 276 g/mol. The molecule has 0 aromatic heterocycles. The molecular weight excluding hydrogens is 261 g/mol. The van der Waals surface area contributed by atoms with Crippen molar-refractivity contribution in [2.45, 2.75) is 26.5 Å². The molecule has 0 bridgehead atoms. The van der Waals surface area contributed by atoms with Crippen molar-refractivity contribution >= 4 is 29.1 Å². The van der Waals surface area contributed by atoms with E-state index in [1.54, 1.807) is 12.1 Å². The fourth-order valence-corrected chi connectivity index (χ4v) is 1.54. The maximum absolute atomic E-state index is 11.1. The molecule has 0 aliphatic heterocycles. The molecule has 3 nitrogen and oxygen atoms in total. The quantitative estimate of drug-likeness (QED) is 0.839. The lowest BCUT2D eigenvalue weighted by atomic mass is 10.2. The van der Waals surface area contributed by atoms with E-state index in [0.717, 1.165) is 5.56 Å². The van der Waals surface area contributed by atoms with Crippen LogP contribution in [0.5, 0.6) is 5.75 Å². The van der Waals surface area contributed by atoms with Crippen LogP contribution < -0.4 is 10.1 Å². The molecule has 1 amide bonds. The van der Waals surface area contributed by atoms with Crippen molar-refractivity contribution in [3.8, 4) is 5.75 Å². The number of halogens is 2.